The molecule has 1 aromatic carbocycles. The standard InChI is InChI=1S/C15H21N/c1-14(2)13-10-11-6-4-5-7-12(11)15(14,3)8-9-16-13/h4-7,13,16H,8-10H2,1-3H3/t13?,15-/m0/s1. The van der Waals surface area contributed by atoms with Crippen LogP contribution >= 0.6 is 0 Å². The van der Waals surface area contributed by atoms with Gasteiger partial charge in [0.1, 0.15) is 0 Å². The van der Waals surface area contributed by atoms with Gasteiger partial charge >= 0.3 is 0 Å². The molecule has 0 radical (unpaired) electrons. The number of hydrogen-bond donors (Lipinski definition) is 1. The van der Waals surface area contributed by atoms with Crippen LogP contribution in [-0.2, 0) is 11.8 Å². The highest BCUT2D eigenvalue weighted by atomic mass is 15.0. The van der Waals surface area contributed by atoms with Crippen molar-refractivity contribution in [3.05, 3.63) is 35.4 Å². The highest BCUT2D eigenvalue weighted by Gasteiger charge is 2.52. The van der Waals surface area contributed by atoms with Crippen LogP contribution in [-0.4, -0.2) is 12.6 Å². The topological polar surface area (TPSA) is 12.0 Å². The highest BCUT2D eigenvalue weighted by Crippen LogP contribution is 2.53. The zero-order valence-corrected chi connectivity index (χ0v) is 10.5. The van der Waals surface area contributed by atoms with E-state index in [9.17, 15) is 0 Å². The van der Waals surface area contributed by atoms with E-state index in [1.165, 1.54) is 19.4 Å². The number of piperidine rings is 1. The lowest BCUT2D eigenvalue weighted by Gasteiger charge is -2.57. The van der Waals surface area contributed by atoms with E-state index in [1.54, 1.807) is 11.1 Å². The molecule has 1 aliphatic carbocycles. The molecule has 3 rings (SSSR count). The highest BCUT2D eigenvalue weighted by molar-refractivity contribution is 5.41. The molecule has 1 fully saturated rings. The second-order valence-electron chi connectivity index (χ2n) is 6.17. The summed E-state index contributed by atoms with van der Waals surface area (Å²) in [4.78, 5) is 0. The Hall–Kier alpha value is -0.820. The van der Waals surface area contributed by atoms with Crippen LogP contribution in [0, 0.1) is 5.41 Å². The van der Waals surface area contributed by atoms with Crippen molar-refractivity contribution in [3.8, 4) is 0 Å². The number of fused-ring (bicyclic) bond motifs is 4. The molecule has 1 nitrogen and oxygen atoms in total. The average Bonchev–Trinajstić information content (AvgIpc) is 2.23. The summed E-state index contributed by atoms with van der Waals surface area (Å²) in [6.45, 7) is 8.48. The van der Waals surface area contributed by atoms with Gasteiger partial charge in [0.15, 0.2) is 0 Å². The minimum atomic E-state index is 0.345. The first-order valence-corrected chi connectivity index (χ1v) is 6.37. The second-order valence-corrected chi connectivity index (χ2v) is 6.17. The van der Waals surface area contributed by atoms with Crippen LogP contribution in [0.3, 0.4) is 0 Å². The maximum Gasteiger partial charge on any atom is 0.0167 e. The lowest BCUT2D eigenvalue weighted by atomic mass is 9.51. The predicted molar refractivity (Wildman–Crippen MR) is 67.7 cm³/mol. The first kappa shape index (κ1) is 10.3. The minimum Gasteiger partial charge on any atom is -0.313 e. The number of hydrogen-bond acceptors (Lipinski definition) is 1. The zero-order valence-electron chi connectivity index (χ0n) is 10.5. The molecule has 1 heteroatoms. The van der Waals surface area contributed by atoms with Gasteiger partial charge in [-0.1, -0.05) is 45.0 Å². The Morgan fingerprint density at radius 2 is 1.94 bits per heavy atom. The fourth-order valence-corrected chi connectivity index (χ4v) is 3.72. The average molecular weight is 215 g/mol. The summed E-state index contributed by atoms with van der Waals surface area (Å²) in [6, 6.07) is 9.67. The summed E-state index contributed by atoms with van der Waals surface area (Å²) < 4.78 is 0. The van der Waals surface area contributed by atoms with E-state index in [4.69, 9.17) is 0 Å². The lowest BCUT2D eigenvalue weighted by molar-refractivity contribution is 0.0559. The molecule has 2 aliphatic rings. The van der Waals surface area contributed by atoms with Gasteiger partial charge in [0.25, 0.3) is 0 Å². The van der Waals surface area contributed by atoms with E-state index in [-0.39, 0.29) is 0 Å². The van der Waals surface area contributed by atoms with Crippen molar-refractivity contribution < 1.29 is 0 Å². The quantitative estimate of drug-likeness (QED) is 0.701. The first-order valence-electron chi connectivity index (χ1n) is 6.37. The van der Waals surface area contributed by atoms with Crippen molar-refractivity contribution in [1.82, 2.24) is 5.32 Å². The van der Waals surface area contributed by atoms with Crippen molar-refractivity contribution >= 4 is 0 Å². The first-order chi connectivity index (χ1) is 7.56. The molecule has 0 saturated carbocycles. The molecule has 2 bridgehead atoms. The van der Waals surface area contributed by atoms with Crippen LogP contribution in [0.25, 0.3) is 0 Å². The Bertz CT molecular complexity index is 421. The van der Waals surface area contributed by atoms with Gasteiger partial charge < -0.3 is 5.32 Å². The van der Waals surface area contributed by atoms with Crippen molar-refractivity contribution in [3.63, 3.8) is 0 Å². The van der Waals surface area contributed by atoms with E-state index in [0.717, 1.165) is 0 Å². The summed E-state index contributed by atoms with van der Waals surface area (Å²) in [6.07, 6.45) is 2.45. The molecule has 1 N–H and O–H groups in total. The third-order valence-electron chi connectivity index (χ3n) is 5.34. The van der Waals surface area contributed by atoms with Crippen LogP contribution in [0.15, 0.2) is 24.3 Å². The largest absolute Gasteiger partial charge is 0.313 e. The Labute approximate surface area is 98.3 Å². The molecule has 1 saturated heterocycles. The van der Waals surface area contributed by atoms with Crippen LogP contribution in [0.2, 0.25) is 0 Å². The molecule has 0 aromatic heterocycles. The molecule has 86 valence electrons. The Balaban J connectivity index is 2.22. The summed E-state index contributed by atoms with van der Waals surface area (Å²) in [5.74, 6) is 0. The normalized spacial score (nSPS) is 35.6. The third kappa shape index (κ3) is 1.10. The Kier molecular flexibility index (Phi) is 2.00. The van der Waals surface area contributed by atoms with E-state index >= 15 is 0 Å². The van der Waals surface area contributed by atoms with Crippen LogP contribution in [0.5, 0.6) is 0 Å². The maximum absolute atomic E-state index is 3.71. The summed E-state index contributed by atoms with van der Waals surface area (Å²) in [5.41, 5.74) is 3.86. The van der Waals surface area contributed by atoms with Crippen molar-refractivity contribution in [2.75, 3.05) is 6.54 Å². The molecule has 1 aliphatic heterocycles. The van der Waals surface area contributed by atoms with Gasteiger partial charge in [-0.2, -0.15) is 0 Å². The smallest absolute Gasteiger partial charge is 0.0167 e. The molecule has 1 unspecified atom stereocenters. The fraction of sp³-hybridized carbons (Fsp3) is 0.600. The van der Waals surface area contributed by atoms with Crippen molar-refractivity contribution in [1.29, 1.82) is 0 Å². The van der Waals surface area contributed by atoms with Gasteiger partial charge in [0.2, 0.25) is 0 Å². The summed E-state index contributed by atoms with van der Waals surface area (Å²) >= 11 is 0. The minimum absolute atomic E-state index is 0.345. The van der Waals surface area contributed by atoms with Gasteiger partial charge in [0, 0.05) is 11.5 Å². The number of nitrogens with one attached hydrogen (secondary N) is 1. The molecular formula is C15H21N. The van der Waals surface area contributed by atoms with E-state index in [2.05, 4.69) is 50.4 Å². The number of rotatable bonds is 0. The zero-order chi connectivity index (χ0) is 11.4. The van der Waals surface area contributed by atoms with Crippen molar-refractivity contribution in [2.24, 2.45) is 5.41 Å². The van der Waals surface area contributed by atoms with Gasteiger partial charge in [0.05, 0.1) is 0 Å². The van der Waals surface area contributed by atoms with Gasteiger partial charge in [-0.3, -0.25) is 0 Å². The molecule has 16 heavy (non-hydrogen) atoms. The van der Waals surface area contributed by atoms with Crippen molar-refractivity contribution in [2.45, 2.75) is 45.1 Å². The molecule has 0 amide bonds. The van der Waals surface area contributed by atoms with Crippen LogP contribution in [0.4, 0.5) is 0 Å². The van der Waals surface area contributed by atoms with Crippen LogP contribution < -0.4 is 5.32 Å². The molecule has 1 aromatic rings. The van der Waals surface area contributed by atoms with Crippen LogP contribution in [0.1, 0.15) is 38.3 Å². The summed E-state index contributed by atoms with van der Waals surface area (Å²) in [7, 11) is 0. The molecule has 1 heterocycles. The third-order valence-corrected chi connectivity index (χ3v) is 5.34. The molecule has 2 atom stereocenters. The fourth-order valence-electron chi connectivity index (χ4n) is 3.72. The Morgan fingerprint density at radius 1 is 1.19 bits per heavy atom. The maximum atomic E-state index is 3.71. The predicted octanol–water partition coefficient (Wildman–Crippen LogP) is 2.89. The Morgan fingerprint density at radius 3 is 2.75 bits per heavy atom. The lowest BCUT2D eigenvalue weighted by Crippen LogP contribution is -2.62. The van der Waals surface area contributed by atoms with E-state index in [0.29, 0.717) is 16.9 Å². The number of benzene rings is 1. The molecular weight excluding hydrogens is 194 g/mol. The SMILES string of the molecule is CC1(C)C2Cc3ccccc3[C@]1(C)CCN2. The summed E-state index contributed by atoms with van der Waals surface area (Å²) in [5, 5.41) is 3.71. The molecule has 0 spiro atoms. The van der Waals surface area contributed by atoms with E-state index < -0.39 is 0 Å². The van der Waals surface area contributed by atoms with E-state index in [1.807, 2.05) is 0 Å². The van der Waals surface area contributed by atoms with Gasteiger partial charge in [-0.05, 0) is 35.9 Å². The monoisotopic (exact) mass is 215 g/mol. The van der Waals surface area contributed by atoms with Gasteiger partial charge in [-0.25, -0.2) is 0 Å². The second kappa shape index (κ2) is 3.10. The van der Waals surface area contributed by atoms with Gasteiger partial charge in [-0.15, -0.1) is 0 Å².